The van der Waals surface area contributed by atoms with Crippen molar-refractivity contribution in [2.24, 2.45) is 5.92 Å². The van der Waals surface area contributed by atoms with Crippen LogP contribution in [0.4, 0.5) is 0 Å². The van der Waals surface area contributed by atoms with Crippen LogP contribution in [0.3, 0.4) is 0 Å². The molecule has 0 aromatic carbocycles. The molecule has 27 heavy (non-hydrogen) atoms. The Morgan fingerprint density at radius 1 is 1.30 bits per heavy atom. The lowest BCUT2D eigenvalue weighted by atomic mass is 9.91. The van der Waals surface area contributed by atoms with Gasteiger partial charge in [0.25, 0.3) is 0 Å². The standard InChI is InChI=1S/C20H28N6O/c1-3-18-21-9-12-26(18)19-6-4-5-17(23-19)15-7-10-25(11-8-15)20(27)16-13-22-24-14(16)2/h4-6,9,12,14-16,22,24H,3,7-8,10-11,13H2,1-2H3. The minimum absolute atomic E-state index is 0.0386. The summed E-state index contributed by atoms with van der Waals surface area (Å²) >= 11 is 0. The van der Waals surface area contributed by atoms with Crippen molar-refractivity contribution in [3.8, 4) is 5.82 Å². The molecule has 4 heterocycles. The van der Waals surface area contributed by atoms with Gasteiger partial charge in [0.05, 0.1) is 5.92 Å². The molecular weight excluding hydrogens is 340 g/mol. The van der Waals surface area contributed by atoms with Crippen LogP contribution in [0.25, 0.3) is 5.82 Å². The van der Waals surface area contributed by atoms with Crippen LogP contribution in [0, 0.1) is 5.92 Å². The number of nitrogens with zero attached hydrogens (tertiary/aromatic N) is 4. The first-order chi connectivity index (χ1) is 13.2. The van der Waals surface area contributed by atoms with E-state index in [1.807, 2.05) is 23.4 Å². The zero-order chi connectivity index (χ0) is 18.8. The van der Waals surface area contributed by atoms with Gasteiger partial charge in [-0.2, -0.15) is 0 Å². The predicted octanol–water partition coefficient (Wildman–Crippen LogP) is 1.65. The molecule has 2 saturated heterocycles. The van der Waals surface area contributed by atoms with Crippen molar-refractivity contribution in [1.29, 1.82) is 0 Å². The fourth-order valence-corrected chi connectivity index (χ4v) is 4.14. The summed E-state index contributed by atoms with van der Waals surface area (Å²) in [5.41, 5.74) is 7.35. The Morgan fingerprint density at radius 2 is 2.11 bits per heavy atom. The monoisotopic (exact) mass is 368 g/mol. The van der Waals surface area contributed by atoms with E-state index in [9.17, 15) is 4.79 Å². The van der Waals surface area contributed by atoms with Crippen LogP contribution in [-0.4, -0.2) is 51.0 Å². The third-order valence-electron chi connectivity index (χ3n) is 5.83. The number of amides is 1. The SMILES string of the molecule is CCc1nccn1-c1cccc(C2CCN(C(=O)C3CNNC3C)CC2)n1. The number of carbonyl (C=O) groups excluding carboxylic acids is 1. The number of nitrogens with one attached hydrogen (secondary N) is 2. The van der Waals surface area contributed by atoms with Gasteiger partial charge in [-0.05, 0) is 31.9 Å². The second kappa shape index (κ2) is 7.78. The summed E-state index contributed by atoms with van der Waals surface area (Å²) in [6.45, 7) is 6.50. The summed E-state index contributed by atoms with van der Waals surface area (Å²) in [5.74, 6) is 2.66. The normalized spacial score (nSPS) is 23.7. The minimum Gasteiger partial charge on any atom is -0.342 e. The first-order valence-corrected chi connectivity index (χ1v) is 9.94. The van der Waals surface area contributed by atoms with Crippen molar-refractivity contribution in [1.82, 2.24) is 30.3 Å². The largest absolute Gasteiger partial charge is 0.342 e. The van der Waals surface area contributed by atoms with Crippen LogP contribution >= 0.6 is 0 Å². The summed E-state index contributed by atoms with van der Waals surface area (Å²) < 4.78 is 2.06. The van der Waals surface area contributed by atoms with E-state index in [0.29, 0.717) is 12.5 Å². The highest BCUT2D eigenvalue weighted by molar-refractivity contribution is 5.80. The van der Waals surface area contributed by atoms with Gasteiger partial charge in [0.2, 0.25) is 5.91 Å². The number of aryl methyl sites for hydroxylation is 1. The number of aromatic nitrogens is 3. The molecule has 2 atom stereocenters. The van der Waals surface area contributed by atoms with E-state index in [0.717, 1.165) is 49.7 Å². The molecule has 0 saturated carbocycles. The molecule has 0 aliphatic carbocycles. The fourth-order valence-electron chi connectivity index (χ4n) is 4.14. The number of piperidine rings is 1. The van der Waals surface area contributed by atoms with Gasteiger partial charge in [0.1, 0.15) is 11.6 Å². The minimum atomic E-state index is 0.0386. The first-order valence-electron chi connectivity index (χ1n) is 9.94. The Morgan fingerprint density at radius 3 is 2.81 bits per heavy atom. The van der Waals surface area contributed by atoms with Crippen molar-refractivity contribution >= 4 is 5.91 Å². The molecule has 2 aromatic heterocycles. The van der Waals surface area contributed by atoms with E-state index in [4.69, 9.17) is 4.98 Å². The maximum absolute atomic E-state index is 12.8. The number of hydrogen-bond acceptors (Lipinski definition) is 5. The number of pyridine rings is 1. The second-order valence-corrected chi connectivity index (χ2v) is 7.51. The van der Waals surface area contributed by atoms with Crippen LogP contribution < -0.4 is 10.9 Å². The van der Waals surface area contributed by atoms with E-state index < -0.39 is 0 Å². The summed E-state index contributed by atoms with van der Waals surface area (Å²) in [4.78, 5) is 24.1. The molecule has 2 aliphatic rings. The highest BCUT2D eigenvalue weighted by Gasteiger charge is 2.34. The number of carbonyl (C=O) groups is 1. The molecule has 0 spiro atoms. The van der Waals surface area contributed by atoms with E-state index >= 15 is 0 Å². The van der Waals surface area contributed by atoms with Crippen molar-refractivity contribution in [3.63, 3.8) is 0 Å². The van der Waals surface area contributed by atoms with Crippen molar-refractivity contribution in [3.05, 3.63) is 42.1 Å². The van der Waals surface area contributed by atoms with Gasteiger partial charge >= 0.3 is 0 Å². The zero-order valence-corrected chi connectivity index (χ0v) is 16.1. The third-order valence-corrected chi connectivity index (χ3v) is 5.83. The molecule has 2 N–H and O–H groups in total. The Labute approximate surface area is 160 Å². The Kier molecular flexibility index (Phi) is 5.22. The lowest BCUT2D eigenvalue weighted by Gasteiger charge is -2.34. The summed E-state index contributed by atoms with van der Waals surface area (Å²) in [5, 5.41) is 0. The van der Waals surface area contributed by atoms with Gasteiger partial charge in [0.15, 0.2) is 0 Å². The fraction of sp³-hybridized carbons (Fsp3) is 0.550. The molecule has 2 aliphatic heterocycles. The number of imidazole rings is 1. The number of hydrogen-bond donors (Lipinski definition) is 2. The van der Waals surface area contributed by atoms with E-state index in [-0.39, 0.29) is 17.9 Å². The molecule has 4 rings (SSSR count). The summed E-state index contributed by atoms with van der Waals surface area (Å²) in [6, 6.07) is 6.41. The summed E-state index contributed by atoms with van der Waals surface area (Å²) in [7, 11) is 0. The van der Waals surface area contributed by atoms with Gasteiger partial charge in [-0.15, -0.1) is 0 Å². The highest BCUT2D eigenvalue weighted by Crippen LogP contribution is 2.28. The van der Waals surface area contributed by atoms with Crippen molar-refractivity contribution < 1.29 is 4.79 Å². The highest BCUT2D eigenvalue weighted by atomic mass is 16.2. The molecule has 7 nitrogen and oxygen atoms in total. The number of rotatable bonds is 4. The average molecular weight is 368 g/mol. The van der Waals surface area contributed by atoms with Crippen LogP contribution in [0.5, 0.6) is 0 Å². The summed E-state index contributed by atoms with van der Waals surface area (Å²) in [6.07, 6.45) is 6.61. The number of hydrazine groups is 1. The maximum atomic E-state index is 12.8. The Bertz CT molecular complexity index is 795. The molecule has 2 fully saturated rings. The van der Waals surface area contributed by atoms with E-state index in [2.05, 4.69) is 46.4 Å². The van der Waals surface area contributed by atoms with Gasteiger partial charge in [-0.1, -0.05) is 13.0 Å². The molecular formula is C20H28N6O. The van der Waals surface area contributed by atoms with Gasteiger partial charge in [-0.25, -0.2) is 9.97 Å². The third kappa shape index (κ3) is 3.61. The van der Waals surface area contributed by atoms with Gasteiger partial charge < -0.3 is 4.90 Å². The van der Waals surface area contributed by atoms with Crippen LogP contribution in [0.15, 0.2) is 30.6 Å². The van der Waals surface area contributed by atoms with Crippen LogP contribution in [0.1, 0.15) is 44.1 Å². The molecule has 0 radical (unpaired) electrons. The predicted molar refractivity (Wildman–Crippen MR) is 103 cm³/mol. The Hall–Kier alpha value is -2.25. The van der Waals surface area contributed by atoms with Crippen LogP contribution in [-0.2, 0) is 11.2 Å². The van der Waals surface area contributed by atoms with E-state index in [1.165, 1.54) is 0 Å². The lowest BCUT2D eigenvalue weighted by molar-refractivity contribution is -0.136. The lowest BCUT2D eigenvalue weighted by Crippen LogP contribution is -2.44. The number of likely N-dealkylation sites (tertiary alicyclic amines) is 1. The van der Waals surface area contributed by atoms with Gasteiger partial charge in [-0.3, -0.25) is 20.2 Å². The average Bonchev–Trinajstić information content (AvgIpc) is 3.36. The molecule has 0 bridgehead atoms. The molecule has 144 valence electrons. The molecule has 2 aromatic rings. The van der Waals surface area contributed by atoms with Crippen molar-refractivity contribution in [2.75, 3.05) is 19.6 Å². The smallest absolute Gasteiger partial charge is 0.228 e. The molecule has 2 unspecified atom stereocenters. The first kappa shape index (κ1) is 18.1. The maximum Gasteiger partial charge on any atom is 0.228 e. The van der Waals surface area contributed by atoms with E-state index in [1.54, 1.807) is 0 Å². The van der Waals surface area contributed by atoms with Crippen molar-refractivity contribution in [2.45, 2.75) is 45.1 Å². The molecule has 1 amide bonds. The van der Waals surface area contributed by atoms with Crippen LogP contribution in [0.2, 0.25) is 0 Å². The molecule has 7 heteroatoms. The zero-order valence-electron chi connectivity index (χ0n) is 16.1. The topological polar surface area (TPSA) is 75.1 Å². The Balaban J connectivity index is 1.43. The van der Waals surface area contributed by atoms with Gasteiger partial charge in [0, 0.05) is 56.1 Å². The second-order valence-electron chi connectivity index (χ2n) is 7.51. The quantitative estimate of drug-likeness (QED) is 0.858.